The molecule has 0 unspecified atom stereocenters. The minimum Gasteiger partial charge on any atom is -0.491 e. The highest BCUT2D eigenvalue weighted by Crippen LogP contribution is 2.46. The van der Waals surface area contributed by atoms with E-state index in [4.69, 9.17) is 9.47 Å². The van der Waals surface area contributed by atoms with Gasteiger partial charge < -0.3 is 19.9 Å². The number of ether oxygens (including phenoxy) is 2. The summed E-state index contributed by atoms with van der Waals surface area (Å²) in [6.07, 6.45) is 4.87. The highest BCUT2D eigenvalue weighted by Gasteiger charge is 2.54. The molecule has 40 heavy (non-hydrogen) atoms. The first-order chi connectivity index (χ1) is 19.6. The first-order valence-electron chi connectivity index (χ1n) is 13.6. The fourth-order valence-corrected chi connectivity index (χ4v) is 6.05. The molecule has 3 aliphatic rings. The van der Waals surface area contributed by atoms with Crippen molar-refractivity contribution in [3.05, 3.63) is 59.4 Å². The predicted molar refractivity (Wildman–Crippen MR) is 144 cm³/mol. The molecule has 1 atom stereocenters. The van der Waals surface area contributed by atoms with Gasteiger partial charge in [0, 0.05) is 46.9 Å². The van der Waals surface area contributed by atoms with Gasteiger partial charge in [-0.15, -0.1) is 5.10 Å². The van der Waals surface area contributed by atoms with E-state index in [0.29, 0.717) is 65.9 Å². The van der Waals surface area contributed by atoms with Crippen LogP contribution in [-0.2, 0) is 0 Å². The normalized spacial score (nSPS) is 19.8. The number of hydrogen-bond donors (Lipinski definition) is 3. The van der Waals surface area contributed by atoms with Gasteiger partial charge in [0.1, 0.15) is 29.6 Å². The van der Waals surface area contributed by atoms with Gasteiger partial charge in [-0.25, -0.2) is 5.10 Å². The molecule has 204 valence electrons. The van der Waals surface area contributed by atoms with Crippen molar-refractivity contribution in [1.29, 1.82) is 0 Å². The number of nitrogens with one attached hydrogen (secondary N) is 2. The van der Waals surface area contributed by atoms with Crippen LogP contribution in [0.1, 0.15) is 58.0 Å². The highest BCUT2D eigenvalue weighted by molar-refractivity contribution is 6.19. The number of aliphatic hydroxyl groups excluding tert-OH is 1. The molecule has 2 aromatic heterocycles. The van der Waals surface area contributed by atoms with Gasteiger partial charge >= 0.3 is 0 Å². The third-order valence-corrected chi connectivity index (χ3v) is 8.15. The van der Waals surface area contributed by atoms with Gasteiger partial charge in [0.2, 0.25) is 0 Å². The Hall–Kier alpha value is -4.22. The standard InChI is InChI=1S/C29H28N6O5/c36-11-12-39-23-15-18(14-20-19(23)5-8-31-25(20)16-1-2-16)26(37)24-27(38)21-13-17(28-32-34-35-33-28)3-4-22(21)40-29(24)6-9-30-10-7-29/h3-5,8,13-16,24,30,36H,1-2,6-7,9-12H2,(H,32,33,34,35)/t24-/m1/s1. The summed E-state index contributed by atoms with van der Waals surface area (Å²) >= 11 is 0. The van der Waals surface area contributed by atoms with Crippen molar-refractivity contribution < 1.29 is 24.2 Å². The number of carbonyl (C=O) groups is 2. The second-order valence-electron chi connectivity index (χ2n) is 10.7. The van der Waals surface area contributed by atoms with Crippen molar-refractivity contribution in [2.24, 2.45) is 5.92 Å². The van der Waals surface area contributed by atoms with Crippen LogP contribution in [-0.4, -0.2) is 74.2 Å². The average Bonchev–Trinajstić information content (AvgIpc) is 3.68. The summed E-state index contributed by atoms with van der Waals surface area (Å²) in [7, 11) is 0. The largest absolute Gasteiger partial charge is 0.491 e. The van der Waals surface area contributed by atoms with Crippen LogP contribution in [0, 0.1) is 5.92 Å². The number of Topliss-reactive ketones (excluding diaryl/α,β-unsaturated/α-hetero) is 2. The number of pyridine rings is 1. The number of rotatable bonds is 7. The van der Waals surface area contributed by atoms with Gasteiger partial charge in [0.15, 0.2) is 17.4 Å². The Labute approximate surface area is 229 Å². The van der Waals surface area contributed by atoms with E-state index in [9.17, 15) is 14.7 Å². The molecule has 2 fully saturated rings. The molecular formula is C29H28N6O5. The Bertz CT molecular complexity index is 1610. The van der Waals surface area contributed by atoms with Crippen molar-refractivity contribution in [2.75, 3.05) is 26.3 Å². The lowest BCUT2D eigenvalue weighted by atomic mass is 9.70. The maximum Gasteiger partial charge on any atom is 0.181 e. The minimum absolute atomic E-state index is 0.0849. The monoisotopic (exact) mass is 540 g/mol. The van der Waals surface area contributed by atoms with Crippen LogP contribution in [0.5, 0.6) is 11.5 Å². The van der Waals surface area contributed by atoms with Crippen molar-refractivity contribution >= 4 is 22.3 Å². The Morgan fingerprint density at radius 2 is 1.98 bits per heavy atom. The average molecular weight is 541 g/mol. The number of hydrogen-bond acceptors (Lipinski definition) is 10. The van der Waals surface area contributed by atoms with Crippen LogP contribution in [0.2, 0.25) is 0 Å². The first-order valence-corrected chi connectivity index (χ1v) is 13.6. The van der Waals surface area contributed by atoms with Crippen LogP contribution in [0.4, 0.5) is 0 Å². The van der Waals surface area contributed by atoms with Crippen molar-refractivity contribution in [1.82, 2.24) is 30.9 Å². The maximum atomic E-state index is 14.5. The molecular weight excluding hydrogens is 512 g/mol. The number of carbonyl (C=O) groups excluding carboxylic acids is 2. The van der Waals surface area contributed by atoms with Crippen LogP contribution >= 0.6 is 0 Å². The van der Waals surface area contributed by atoms with Crippen molar-refractivity contribution in [3.63, 3.8) is 0 Å². The topological polar surface area (TPSA) is 152 Å². The summed E-state index contributed by atoms with van der Waals surface area (Å²) in [6, 6.07) is 10.6. The van der Waals surface area contributed by atoms with E-state index in [0.717, 1.165) is 29.3 Å². The number of aromatic nitrogens is 5. The molecule has 1 saturated heterocycles. The lowest BCUT2D eigenvalue weighted by Gasteiger charge is -2.45. The van der Waals surface area contributed by atoms with Crippen LogP contribution in [0.15, 0.2) is 42.6 Å². The summed E-state index contributed by atoms with van der Waals surface area (Å²) in [5.74, 6) is 0.0575. The van der Waals surface area contributed by atoms with Gasteiger partial charge in [0.05, 0.1) is 17.9 Å². The lowest BCUT2D eigenvalue weighted by Crippen LogP contribution is -2.58. The van der Waals surface area contributed by atoms with E-state index in [1.807, 2.05) is 12.1 Å². The molecule has 1 saturated carbocycles. The third-order valence-electron chi connectivity index (χ3n) is 8.15. The molecule has 11 heteroatoms. The summed E-state index contributed by atoms with van der Waals surface area (Å²) in [5.41, 5.74) is 1.28. The fourth-order valence-electron chi connectivity index (χ4n) is 6.05. The molecule has 3 N–H and O–H groups in total. The number of tetrazole rings is 1. The fraction of sp³-hybridized carbons (Fsp3) is 0.379. The summed E-state index contributed by atoms with van der Waals surface area (Å²) in [5, 5.41) is 28.4. The molecule has 1 aliphatic carbocycles. The van der Waals surface area contributed by atoms with Gasteiger partial charge in [-0.2, -0.15) is 0 Å². The molecule has 7 rings (SSSR count). The third kappa shape index (κ3) is 4.13. The Balaban J connectivity index is 1.35. The minimum atomic E-state index is -1.05. The zero-order valence-corrected chi connectivity index (χ0v) is 21.7. The van der Waals surface area contributed by atoms with Crippen LogP contribution in [0.25, 0.3) is 22.2 Å². The van der Waals surface area contributed by atoms with Crippen LogP contribution in [0.3, 0.4) is 0 Å². The number of aromatic amines is 1. The molecule has 4 aromatic rings. The summed E-state index contributed by atoms with van der Waals surface area (Å²) in [6.45, 7) is 1.19. The lowest BCUT2D eigenvalue weighted by molar-refractivity contribution is -0.0138. The number of piperidine rings is 1. The number of aliphatic hydroxyl groups is 1. The Morgan fingerprint density at radius 1 is 1.12 bits per heavy atom. The second kappa shape index (κ2) is 9.76. The van der Waals surface area contributed by atoms with Gasteiger partial charge in [0.25, 0.3) is 0 Å². The van der Waals surface area contributed by atoms with E-state index in [-0.39, 0.29) is 24.8 Å². The highest BCUT2D eigenvalue weighted by atomic mass is 16.5. The Morgan fingerprint density at radius 3 is 2.73 bits per heavy atom. The van der Waals surface area contributed by atoms with E-state index >= 15 is 0 Å². The van der Waals surface area contributed by atoms with Crippen LogP contribution < -0.4 is 14.8 Å². The Kier molecular flexibility index (Phi) is 6.05. The maximum absolute atomic E-state index is 14.5. The van der Waals surface area contributed by atoms with E-state index in [2.05, 4.69) is 30.9 Å². The molecule has 1 spiro atoms. The second-order valence-corrected chi connectivity index (χ2v) is 10.7. The number of ketones is 2. The van der Waals surface area contributed by atoms with Crippen molar-refractivity contribution in [2.45, 2.75) is 37.2 Å². The predicted octanol–water partition coefficient (Wildman–Crippen LogP) is 2.86. The molecule has 2 aliphatic heterocycles. The number of benzene rings is 2. The zero-order valence-electron chi connectivity index (χ0n) is 21.7. The smallest absolute Gasteiger partial charge is 0.181 e. The molecule has 0 radical (unpaired) electrons. The number of fused-ring (bicyclic) bond motifs is 2. The van der Waals surface area contributed by atoms with Gasteiger partial charge in [-0.3, -0.25) is 14.6 Å². The van der Waals surface area contributed by atoms with Crippen molar-refractivity contribution in [3.8, 4) is 22.9 Å². The quantitative estimate of drug-likeness (QED) is 0.236. The molecule has 4 heterocycles. The molecule has 11 nitrogen and oxygen atoms in total. The molecule has 0 bridgehead atoms. The van der Waals surface area contributed by atoms with E-state index in [1.54, 1.807) is 30.5 Å². The van der Waals surface area contributed by atoms with Gasteiger partial charge in [-0.05, 0) is 72.8 Å². The van der Waals surface area contributed by atoms with E-state index < -0.39 is 11.5 Å². The SMILES string of the molecule is O=C(c1cc(OCCO)c2ccnc(C3CC3)c2c1)[C@@H]1C(=O)c2cc(-c3nnn[nH]3)ccc2OC12CCNCC2. The van der Waals surface area contributed by atoms with E-state index in [1.165, 1.54) is 0 Å². The number of nitrogens with zero attached hydrogens (tertiary/aromatic N) is 4. The molecule has 0 amide bonds. The first kappa shape index (κ1) is 24.8. The zero-order chi connectivity index (χ0) is 27.3. The van der Waals surface area contributed by atoms with Gasteiger partial charge in [-0.1, -0.05) is 0 Å². The summed E-state index contributed by atoms with van der Waals surface area (Å²) < 4.78 is 12.5. The summed E-state index contributed by atoms with van der Waals surface area (Å²) in [4.78, 5) is 33.4. The number of H-pyrrole nitrogens is 1. The molecule has 2 aromatic carbocycles.